The van der Waals surface area contributed by atoms with Crippen LogP contribution in [0, 0.1) is 6.92 Å². The summed E-state index contributed by atoms with van der Waals surface area (Å²) in [5.41, 5.74) is 2.85. The van der Waals surface area contributed by atoms with E-state index < -0.39 is 5.91 Å². The average molecular weight is 310 g/mol. The van der Waals surface area contributed by atoms with Crippen LogP contribution in [0.1, 0.15) is 16.1 Å². The lowest BCUT2D eigenvalue weighted by Crippen LogP contribution is -2.12. The highest BCUT2D eigenvalue weighted by Gasteiger charge is 2.20. The minimum absolute atomic E-state index is 0.0867. The molecular formula is C17H14N2O4. The van der Waals surface area contributed by atoms with Gasteiger partial charge in [-0.3, -0.25) is 4.79 Å². The number of aromatic amines is 1. The van der Waals surface area contributed by atoms with Gasteiger partial charge in [0.1, 0.15) is 5.75 Å². The number of ether oxygens (including phenoxy) is 2. The zero-order valence-electron chi connectivity index (χ0n) is 12.3. The molecule has 0 radical (unpaired) electrons. The molecule has 1 aliphatic rings. The van der Waals surface area contributed by atoms with E-state index in [1.54, 1.807) is 6.07 Å². The number of aromatic nitrogens is 1. The molecule has 4 rings (SSSR count). The standard InChI is InChI=1S/C17H14N2O4/c1-9-4-10-5-11(2-3-13(10)18-9)19-17(21)12-6-15-16(7-14(12)20)23-8-22-15/h2-7,18,20H,8H2,1H3,(H,19,21). The van der Waals surface area contributed by atoms with Crippen molar-refractivity contribution in [3.8, 4) is 17.2 Å². The van der Waals surface area contributed by atoms with Crippen LogP contribution in [0.4, 0.5) is 5.69 Å². The predicted molar refractivity (Wildman–Crippen MR) is 85.2 cm³/mol. The minimum atomic E-state index is -0.410. The van der Waals surface area contributed by atoms with E-state index in [0.29, 0.717) is 17.2 Å². The normalized spacial score (nSPS) is 12.6. The van der Waals surface area contributed by atoms with Crippen molar-refractivity contribution in [3.63, 3.8) is 0 Å². The molecule has 0 bridgehead atoms. The zero-order valence-corrected chi connectivity index (χ0v) is 12.3. The van der Waals surface area contributed by atoms with Crippen LogP contribution in [0.5, 0.6) is 17.2 Å². The number of rotatable bonds is 2. The first-order valence-corrected chi connectivity index (χ1v) is 7.13. The van der Waals surface area contributed by atoms with E-state index in [0.717, 1.165) is 16.6 Å². The molecule has 3 aromatic rings. The Morgan fingerprint density at radius 3 is 2.78 bits per heavy atom. The second-order valence-corrected chi connectivity index (χ2v) is 5.43. The Hall–Kier alpha value is -3.15. The number of hydrogen-bond donors (Lipinski definition) is 3. The second kappa shape index (κ2) is 4.95. The van der Waals surface area contributed by atoms with E-state index >= 15 is 0 Å². The molecule has 2 aromatic carbocycles. The first-order chi connectivity index (χ1) is 11.1. The highest BCUT2D eigenvalue weighted by Crippen LogP contribution is 2.37. The number of phenolic OH excluding ortho intramolecular Hbond substituents is 1. The van der Waals surface area contributed by atoms with E-state index in [4.69, 9.17) is 9.47 Å². The van der Waals surface area contributed by atoms with Crippen molar-refractivity contribution < 1.29 is 19.4 Å². The average Bonchev–Trinajstić information content (AvgIpc) is 3.10. The van der Waals surface area contributed by atoms with Crippen LogP contribution >= 0.6 is 0 Å². The summed E-state index contributed by atoms with van der Waals surface area (Å²) < 4.78 is 10.4. The minimum Gasteiger partial charge on any atom is -0.507 e. The summed E-state index contributed by atoms with van der Waals surface area (Å²) in [6.07, 6.45) is 0. The van der Waals surface area contributed by atoms with Crippen LogP contribution in [0.25, 0.3) is 10.9 Å². The number of fused-ring (bicyclic) bond motifs is 2. The van der Waals surface area contributed by atoms with E-state index in [-0.39, 0.29) is 18.1 Å². The lowest BCUT2D eigenvalue weighted by atomic mass is 10.1. The molecular weight excluding hydrogens is 296 g/mol. The first-order valence-electron chi connectivity index (χ1n) is 7.13. The van der Waals surface area contributed by atoms with Crippen LogP contribution in [-0.4, -0.2) is 22.8 Å². The number of amides is 1. The molecule has 1 amide bonds. The highest BCUT2D eigenvalue weighted by molar-refractivity contribution is 6.07. The van der Waals surface area contributed by atoms with Crippen LogP contribution in [0.15, 0.2) is 36.4 Å². The maximum absolute atomic E-state index is 12.4. The Morgan fingerprint density at radius 2 is 1.96 bits per heavy atom. The van der Waals surface area contributed by atoms with Gasteiger partial charge >= 0.3 is 0 Å². The summed E-state index contributed by atoms with van der Waals surface area (Å²) in [4.78, 5) is 15.6. The number of carbonyl (C=O) groups is 1. The topological polar surface area (TPSA) is 83.6 Å². The van der Waals surface area contributed by atoms with Crippen LogP contribution in [0.2, 0.25) is 0 Å². The zero-order chi connectivity index (χ0) is 16.0. The van der Waals surface area contributed by atoms with Gasteiger partial charge in [0, 0.05) is 34.4 Å². The fourth-order valence-electron chi connectivity index (χ4n) is 2.67. The van der Waals surface area contributed by atoms with Crippen molar-refractivity contribution in [2.45, 2.75) is 6.92 Å². The molecule has 1 aromatic heterocycles. The molecule has 0 fully saturated rings. The molecule has 23 heavy (non-hydrogen) atoms. The number of aryl methyl sites for hydroxylation is 1. The SMILES string of the molecule is Cc1cc2cc(NC(=O)c3cc4c(cc3O)OCO4)ccc2[nH]1. The number of phenols is 1. The monoisotopic (exact) mass is 310 g/mol. The van der Waals surface area contributed by atoms with Gasteiger partial charge in [-0.05, 0) is 31.2 Å². The Morgan fingerprint density at radius 1 is 1.17 bits per heavy atom. The van der Waals surface area contributed by atoms with Crippen molar-refractivity contribution >= 4 is 22.5 Å². The Bertz CT molecular complexity index is 930. The first kappa shape index (κ1) is 13.5. The molecule has 6 nitrogen and oxygen atoms in total. The van der Waals surface area contributed by atoms with Crippen molar-refractivity contribution in [1.29, 1.82) is 0 Å². The van der Waals surface area contributed by atoms with Crippen molar-refractivity contribution in [2.24, 2.45) is 0 Å². The van der Waals surface area contributed by atoms with Crippen LogP contribution in [-0.2, 0) is 0 Å². The van der Waals surface area contributed by atoms with Gasteiger partial charge in [-0.1, -0.05) is 0 Å². The summed E-state index contributed by atoms with van der Waals surface area (Å²) in [6.45, 7) is 2.06. The fourth-order valence-corrected chi connectivity index (χ4v) is 2.67. The summed E-state index contributed by atoms with van der Waals surface area (Å²) in [5.74, 6) is 0.325. The lowest BCUT2D eigenvalue weighted by molar-refractivity contribution is 0.102. The molecule has 2 heterocycles. The molecule has 0 saturated carbocycles. The third-order valence-corrected chi connectivity index (χ3v) is 3.75. The Balaban J connectivity index is 1.64. The number of hydrogen-bond acceptors (Lipinski definition) is 4. The van der Waals surface area contributed by atoms with E-state index in [1.807, 2.05) is 25.1 Å². The number of anilines is 1. The summed E-state index contributed by atoms with van der Waals surface area (Å²) in [5, 5.41) is 13.8. The predicted octanol–water partition coefficient (Wildman–Crippen LogP) is 3.16. The van der Waals surface area contributed by atoms with E-state index in [2.05, 4.69) is 10.3 Å². The van der Waals surface area contributed by atoms with Gasteiger partial charge in [-0.2, -0.15) is 0 Å². The second-order valence-electron chi connectivity index (χ2n) is 5.43. The molecule has 0 atom stereocenters. The van der Waals surface area contributed by atoms with Crippen molar-refractivity contribution in [1.82, 2.24) is 4.98 Å². The number of carbonyl (C=O) groups excluding carboxylic acids is 1. The van der Waals surface area contributed by atoms with Gasteiger partial charge in [0.15, 0.2) is 11.5 Å². The summed E-state index contributed by atoms with van der Waals surface area (Å²) in [7, 11) is 0. The summed E-state index contributed by atoms with van der Waals surface area (Å²) >= 11 is 0. The Labute approximate surface area is 131 Å². The lowest BCUT2D eigenvalue weighted by Gasteiger charge is -2.08. The van der Waals surface area contributed by atoms with Gasteiger partial charge in [-0.15, -0.1) is 0 Å². The van der Waals surface area contributed by atoms with Crippen molar-refractivity contribution in [2.75, 3.05) is 12.1 Å². The smallest absolute Gasteiger partial charge is 0.259 e. The van der Waals surface area contributed by atoms with Gasteiger partial charge in [0.25, 0.3) is 5.91 Å². The molecule has 0 spiro atoms. The largest absolute Gasteiger partial charge is 0.507 e. The molecule has 6 heteroatoms. The molecule has 0 unspecified atom stereocenters. The molecule has 116 valence electrons. The maximum Gasteiger partial charge on any atom is 0.259 e. The number of aromatic hydroxyl groups is 1. The molecule has 3 N–H and O–H groups in total. The third kappa shape index (κ3) is 2.34. The van der Waals surface area contributed by atoms with Gasteiger partial charge in [0.2, 0.25) is 6.79 Å². The van der Waals surface area contributed by atoms with E-state index in [1.165, 1.54) is 12.1 Å². The van der Waals surface area contributed by atoms with Gasteiger partial charge in [-0.25, -0.2) is 0 Å². The van der Waals surface area contributed by atoms with Gasteiger partial charge < -0.3 is 24.9 Å². The number of nitrogens with one attached hydrogen (secondary N) is 2. The highest BCUT2D eigenvalue weighted by atomic mass is 16.7. The van der Waals surface area contributed by atoms with E-state index in [9.17, 15) is 9.90 Å². The maximum atomic E-state index is 12.4. The quantitative estimate of drug-likeness (QED) is 0.679. The number of benzene rings is 2. The van der Waals surface area contributed by atoms with Gasteiger partial charge in [0.05, 0.1) is 5.56 Å². The number of H-pyrrole nitrogens is 1. The Kier molecular flexibility index (Phi) is 2.90. The third-order valence-electron chi connectivity index (χ3n) is 3.75. The molecule has 0 saturated heterocycles. The van der Waals surface area contributed by atoms with Crippen LogP contribution < -0.4 is 14.8 Å². The molecule has 1 aliphatic heterocycles. The van der Waals surface area contributed by atoms with Crippen molar-refractivity contribution in [3.05, 3.63) is 47.7 Å². The molecule has 0 aliphatic carbocycles. The summed E-state index contributed by atoms with van der Waals surface area (Å²) in [6, 6.07) is 10.4. The fraction of sp³-hybridized carbons (Fsp3) is 0.118. The van der Waals surface area contributed by atoms with Crippen LogP contribution in [0.3, 0.4) is 0 Å².